The van der Waals surface area contributed by atoms with Crippen molar-refractivity contribution in [3.63, 3.8) is 0 Å². The fourth-order valence-electron chi connectivity index (χ4n) is 1.29. The molecule has 1 aromatic rings. The van der Waals surface area contributed by atoms with E-state index in [9.17, 15) is 4.79 Å². The average molecular weight is 260 g/mol. The molecule has 0 aliphatic carbocycles. The zero-order chi connectivity index (χ0) is 12.8. The Hall–Kier alpha value is -1.24. The first kappa shape index (κ1) is 13.8. The minimum atomic E-state index is -0.515. The fraction of sp³-hybridized carbons (Fsp3) is 0.500. The topological polar surface area (TPSA) is 73.3 Å². The van der Waals surface area contributed by atoms with E-state index < -0.39 is 6.29 Å². The highest BCUT2D eigenvalue weighted by Gasteiger charge is 2.19. The van der Waals surface area contributed by atoms with Gasteiger partial charge in [-0.1, -0.05) is 11.6 Å². The number of amides is 1. The van der Waals surface area contributed by atoms with E-state index in [1.165, 1.54) is 26.4 Å². The van der Waals surface area contributed by atoms with E-state index in [0.29, 0.717) is 0 Å². The summed E-state index contributed by atoms with van der Waals surface area (Å²) in [4.78, 5) is 11.7. The summed E-state index contributed by atoms with van der Waals surface area (Å²) in [5.41, 5.74) is 0.187. The molecule has 1 unspecified atom stereocenters. The molecule has 1 aromatic heterocycles. The molecule has 1 atom stereocenters. The van der Waals surface area contributed by atoms with Crippen LogP contribution in [0.15, 0.2) is 12.1 Å². The third-order valence-corrected chi connectivity index (χ3v) is 2.30. The number of rotatable bonds is 5. The first-order valence-electron chi connectivity index (χ1n) is 4.94. The lowest BCUT2D eigenvalue weighted by Gasteiger charge is -2.21. The van der Waals surface area contributed by atoms with Gasteiger partial charge in [-0.2, -0.15) is 0 Å². The maximum absolute atomic E-state index is 11.7. The van der Waals surface area contributed by atoms with Crippen LogP contribution in [0, 0.1) is 0 Å². The molecule has 0 aliphatic rings. The molecule has 0 aliphatic heterocycles. The standard InChI is InChI=1S/C10H14ClN3O3/c1-6(10(16-2)17-3)12-9(15)7-4-5-8(11)14-13-7/h4-6,10H,1-3H3,(H,12,15). The van der Waals surface area contributed by atoms with Gasteiger partial charge in [0.15, 0.2) is 17.1 Å². The predicted molar refractivity (Wildman–Crippen MR) is 61.8 cm³/mol. The summed E-state index contributed by atoms with van der Waals surface area (Å²) in [5, 5.41) is 10.2. The molecular weight excluding hydrogens is 246 g/mol. The highest BCUT2D eigenvalue weighted by molar-refractivity contribution is 6.29. The molecule has 94 valence electrons. The maximum Gasteiger partial charge on any atom is 0.272 e. The monoisotopic (exact) mass is 259 g/mol. The van der Waals surface area contributed by atoms with E-state index in [1.807, 2.05) is 0 Å². The van der Waals surface area contributed by atoms with Crippen molar-refractivity contribution in [3.8, 4) is 0 Å². The minimum Gasteiger partial charge on any atom is -0.354 e. The van der Waals surface area contributed by atoms with Crippen LogP contribution in [-0.2, 0) is 9.47 Å². The molecule has 0 spiro atoms. The summed E-state index contributed by atoms with van der Waals surface area (Å²) in [6, 6.07) is 2.68. The molecule has 1 amide bonds. The summed E-state index contributed by atoms with van der Waals surface area (Å²) in [6.45, 7) is 1.76. The van der Waals surface area contributed by atoms with Gasteiger partial charge in [-0.05, 0) is 19.1 Å². The fourth-order valence-corrected chi connectivity index (χ4v) is 1.39. The Bertz CT molecular complexity index is 368. The molecule has 1 N–H and O–H groups in total. The van der Waals surface area contributed by atoms with Crippen molar-refractivity contribution in [1.29, 1.82) is 0 Å². The van der Waals surface area contributed by atoms with Crippen LogP contribution in [-0.4, -0.2) is 42.7 Å². The van der Waals surface area contributed by atoms with Crippen LogP contribution in [0.25, 0.3) is 0 Å². The highest BCUT2D eigenvalue weighted by atomic mass is 35.5. The van der Waals surface area contributed by atoms with E-state index in [-0.39, 0.29) is 22.8 Å². The molecule has 0 fully saturated rings. The van der Waals surface area contributed by atoms with Crippen LogP contribution in [0.4, 0.5) is 0 Å². The molecule has 1 rings (SSSR count). The number of carbonyl (C=O) groups excluding carboxylic acids is 1. The van der Waals surface area contributed by atoms with Crippen LogP contribution in [0.5, 0.6) is 0 Å². The number of hydrogen-bond acceptors (Lipinski definition) is 5. The van der Waals surface area contributed by atoms with E-state index in [0.717, 1.165) is 0 Å². The first-order valence-corrected chi connectivity index (χ1v) is 5.32. The van der Waals surface area contributed by atoms with Crippen molar-refractivity contribution >= 4 is 17.5 Å². The second kappa shape index (κ2) is 6.48. The normalized spacial score (nSPS) is 12.5. The highest BCUT2D eigenvalue weighted by Crippen LogP contribution is 2.04. The van der Waals surface area contributed by atoms with Crippen LogP contribution in [0.3, 0.4) is 0 Å². The number of nitrogens with one attached hydrogen (secondary N) is 1. The third-order valence-electron chi connectivity index (χ3n) is 2.10. The van der Waals surface area contributed by atoms with Gasteiger partial charge in [-0.3, -0.25) is 4.79 Å². The van der Waals surface area contributed by atoms with Gasteiger partial charge in [0.05, 0.1) is 6.04 Å². The lowest BCUT2D eigenvalue weighted by molar-refractivity contribution is -0.117. The van der Waals surface area contributed by atoms with E-state index in [4.69, 9.17) is 21.1 Å². The Morgan fingerprint density at radius 1 is 1.35 bits per heavy atom. The Balaban J connectivity index is 2.62. The van der Waals surface area contributed by atoms with Crippen LogP contribution in [0.2, 0.25) is 5.15 Å². The predicted octanol–water partition coefficient (Wildman–Crippen LogP) is 0.867. The van der Waals surface area contributed by atoms with Gasteiger partial charge in [0, 0.05) is 14.2 Å². The van der Waals surface area contributed by atoms with Gasteiger partial charge in [-0.15, -0.1) is 10.2 Å². The first-order chi connectivity index (χ1) is 8.08. The molecule has 0 saturated heterocycles. The number of halogens is 1. The number of hydrogen-bond donors (Lipinski definition) is 1. The molecular formula is C10H14ClN3O3. The SMILES string of the molecule is COC(OC)C(C)NC(=O)c1ccc(Cl)nn1. The van der Waals surface area contributed by atoms with Gasteiger partial charge in [0.25, 0.3) is 5.91 Å². The summed E-state index contributed by atoms with van der Waals surface area (Å²) in [7, 11) is 3.00. The van der Waals surface area contributed by atoms with Gasteiger partial charge in [0.2, 0.25) is 0 Å². The molecule has 17 heavy (non-hydrogen) atoms. The van der Waals surface area contributed by atoms with E-state index >= 15 is 0 Å². The molecule has 0 radical (unpaired) electrons. The number of nitrogens with zero attached hydrogens (tertiary/aromatic N) is 2. The van der Waals surface area contributed by atoms with Crippen LogP contribution < -0.4 is 5.32 Å². The number of carbonyl (C=O) groups is 1. The zero-order valence-electron chi connectivity index (χ0n) is 9.81. The Morgan fingerprint density at radius 2 is 2.00 bits per heavy atom. The largest absolute Gasteiger partial charge is 0.354 e. The summed E-state index contributed by atoms with van der Waals surface area (Å²) in [5.74, 6) is -0.360. The second-order valence-electron chi connectivity index (χ2n) is 3.34. The van der Waals surface area contributed by atoms with Crippen molar-refractivity contribution < 1.29 is 14.3 Å². The van der Waals surface area contributed by atoms with Gasteiger partial charge in [-0.25, -0.2) is 0 Å². The summed E-state index contributed by atoms with van der Waals surface area (Å²) >= 11 is 5.57. The Kier molecular flexibility index (Phi) is 5.27. The quantitative estimate of drug-likeness (QED) is 0.795. The molecule has 0 aromatic carbocycles. The molecule has 7 heteroatoms. The molecule has 1 heterocycles. The maximum atomic E-state index is 11.7. The van der Waals surface area contributed by atoms with Gasteiger partial charge >= 0.3 is 0 Å². The van der Waals surface area contributed by atoms with E-state index in [2.05, 4.69) is 15.5 Å². The average Bonchev–Trinajstić information content (AvgIpc) is 2.31. The van der Waals surface area contributed by atoms with E-state index in [1.54, 1.807) is 6.92 Å². The third kappa shape index (κ3) is 3.92. The summed E-state index contributed by atoms with van der Waals surface area (Å²) in [6.07, 6.45) is -0.515. The lowest BCUT2D eigenvalue weighted by atomic mass is 10.3. The van der Waals surface area contributed by atoms with Crippen molar-refractivity contribution in [3.05, 3.63) is 23.0 Å². The summed E-state index contributed by atoms with van der Waals surface area (Å²) < 4.78 is 10.0. The Morgan fingerprint density at radius 3 is 2.47 bits per heavy atom. The number of aromatic nitrogens is 2. The molecule has 6 nitrogen and oxygen atoms in total. The van der Waals surface area contributed by atoms with Gasteiger partial charge < -0.3 is 14.8 Å². The van der Waals surface area contributed by atoms with Crippen molar-refractivity contribution in [2.75, 3.05) is 14.2 Å². The second-order valence-corrected chi connectivity index (χ2v) is 3.73. The number of methoxy groups -OCH3 is 2. The lowest BCUT2D eigenvalue weighted by Crippen LogP contribution is -2.43. The van der Waals surface area contributed by atoms with Crippen molar-refractivity contribution in [2.45, 2.75) is 19.3 Å². The van der Waals surface area contributed by atoms with Gasteiger partial charge in [0.1, 0.15) is 0 Å². The minimum absolute atomic E-state index is 0.187. The van der Waals surface area contributed by atoms with Crippen molar-refractivity contribution in [2.24, 2.45) is 0 Å². The zero-order valence-corrected chi connectivity index (χ0v) is 10.6. The Labute approximate surface area is 104 Å². The molecule has 0 saturated carbocycles. The van der Waals surface area contributed by atoms with Crippen LogP contribution in [0.1, 0.15) is 17.4 Å². The smallest absolute Gasteiger partial charge is 0.272 e. The van der Waals surface area contributed by atoms with Crippen LogP contribution >= 0.6 is 11.6 Å². The number of ether oxygens (including phenoxy) is 2. The molecule has 0 bridgehead atoms. The van der Waals surface area contributed by atoms with Crippen molar-refractivity contribution in [1.82, 2.24) is 15.5 Å².